The highest BCUT2D eigenvalue weighted by molar-refractivity contribution is 9.10. The molecule has 0 saturated heterocycles. The van der Waals surface area contributed by atoms with Gasteiger partial charge in [0.05, 0.1) is 15.3 Å². The van der Waals surface area contributed by atoms with Crippen LogP contribution in [0.4, 0.5) is 0 Å². The largest absolute Gasteiger partial charge is 0.350 e. The zero-order valence-electron chi connectivity index (χ0n) is 11.9. The number of amides is 1. The predicted octanol–water partition coefficient (Wildman–Crippen LogP) is 5.00. The van der Waals surface area contributed by atoms with Crippen molar-refractivity contribution in [3.63, 3.8) is 0 Å². The van der Waals surface area contributed by atoms with E-state index in [0.29, 0.717) is 9.21 Å². The number of thiophene rings is 1. The van der Waals surface area contributed by atoms with E-state index in [-0.39, 0.29) is 30.6 Å². The third kappa shape index (κ3) is 4.93. The third-order valence-electron chi connectivity index (χ3n) is 3.17. The molecule has 116 valence electrons. The van der Waals surface area contributed by atoms with Gasteiger partial charge in [0.15, 0.2) is 5.78 Å². The molecular formula is C16H15BrClNO2S. The molecule has 0 saturated carbocycles. The van der Waals surface area contributed by atoms with Gasteiger partial charge in [0.1, 0.15) is 0 Å². The quantitative estimate of drug-likeness (QED) is 0.693. The van der Waals surface area contributed by atoms with Crippen molar-refractivity contribution in [2.75, 3.05) is 0 Å². The normalized spacial score (nSPS) is 12.0. The van der Waals surface area contributed by atoms with E-state index >= 15 is 0 Å². The van der Waals surface area contributed by atoms with Crippen LogP contribution in [0.2, 0.25) is 4.34 Å². The first-order valence-electron chi connectivity index (χ1n) is 6.79. The molecule has 0 bridgehead atoms. The first-order chi connectivity index (χ1) is 10.5. The second-order valence-electron chi connectivity index (χ2n) is 4.87. The summed E-state index contributed by atoms with van der Waals surface area (Å²) < 4.78 is 1.58. The number of hydrogen-bond acceptors (Lipinski definition) is 3. The summed E-state index contributed by atoms with van der Waals surface area (Å²) in [5.41, 5.74) is 1.02. The summed E-state index contributed by atoms with van der Waals surface area (Å²) in [6.07, 6.45) is 0.366. The smallest absolute Gasteiger partial charge is 0.220 e. The molecule has 2 aromatic rings. The Morgan fingerprint density at radius 3 is 2.45 bits per heavy atom. The number of carbonyl (C=O) groups excluding carboxylic acids is 2. The monoisotopic (exact) mass is 399 g/mol. The molecule has 0 radical (unpaired) electrons. The van der Waals surface area contributed by atoms with Crippen LogP contribution in [-0.2, 0) is 4.79 Å². The van der Waals surface area contributed by atoms with Gasteiger partial charge < -0.3 is 5.32 Å². The Hall–Kier alpha value is -1.17. The average molecular weight is 401 g/mol. The Morgan fingerprint density at radius 2 is 1.86 bits per heavy atom. The van der Waals surface area contributed by atoms with Crippen LogP contribution in [0.3, 0.4) is 0 Å². The summed E-state index contributed by atoms with van der Waals surface area (Å²) in [5.74, 6) is -0.185. The van der Waals surface area contributed by atoms with Gasteiger partial charge in [-0.2, -0.15) is 0 Å². The van der Waals surface area contributed by atoms with Crippen molar-refractivity contribution >= 4 is 50.6 Å². The zero-order chi connectivity index (χ0) is 16.1. The molecule has 6 heteroatoms. The lowest BCUT2D eigenvalue weighted by molar-refractivity contribution is -0.121. The Bertz CT molecular complexity index is 669. The van der Waals surface area contributed by atoms with Crippen LogP contribution >= 0.6 is 38.9 Å². The zero-order valence-corrected chi connectivity index (χ0v) is 15.1. The SMILES string of the molecule is CC(NC(=O)CCC(=O)c1ccc(Cl)s1)c1ccc(Br)cc1. The lowest BCUT2D eigenvalue weighted by atomic mass is 10.1. The fourth-order valence-electron chi connectivity index (χ4n) is 1.96. The fraction of sp³-hybridized carbons (Fsp3) is 0.250. The number of ketones is 1. The van der Waals surface area contributed by atoms with Crippen LogP contribution in [0.15, 0.2) is 40.9 Å². The Balaban J connectivity index is 1.82. The van der Waals surface area contributed by atoms with Crippen LogP contribution in [0.25, 0.3) is 0 Å². The van der Waals surface area contributed by atoms with E-state index in [2.05, 4.69) is 21.2 Å². The molecule has 0 aliphatic rings. The van der Waals surface area contributed by atoms with Crippen LogP contribution in [0.1, 0.15) is 41.0 Å². The van der Waals surface area contributed by atoms with Gasteiger partial charge in [0, 0.05) is 17.3 Å². The van der Waals surface area contributed by atoms with Crippen LogP contribution in [0.5, 0.6) is 0 Å². The van der Waals surface area contributed by atoms with Gasteiger partial charge in [-0.1, -0.05) is 39.7 Å². The first kappa shape index (κ1) is 17.2. The average Bonchev–Trinajstić information content (AvgIpc) is 2.92. The second kappa shape index (κ2) is 7.90. The van der Waals surface area contributed by atoms with Crippen molar-refractivity contribution in [3.8, 4) is 0 Å². The highest BCUT2D eigenvalue weighted by Gasteiger charge is 2.13. The van der Waals surface area contributed by atoms with Gasteiger partial charge in [-0.15, -0.1) is 11.3 Å². The Morgan fingerprint density at radius 1 is 1.18 bits per heavy atom. The molecule has 3 nitrogen and oxygen atoms in total. The summed E-state index contributed by atoms with van der Waals surface area (Å²) in [6.45, 7) is 1.92. The Labute approximate surface area is 146 Å². The molecule has 1 heterocycles. The van der Waals surface area contributed by atoms with E-state index in [9.17, 15) is 9.59 Å². The Kier molecular flexibility index (Phi) is 6.17. The second-order valence-corrected chi connectivity index (χ2v) is 7.50. The molecule has 0 aliphatic carbocycles. The summed E-state index contributed by atoms with van der Waals surface area (Å²) in [5, 5.41) is 2.90. The van der Waals surface area contributed by atoms with Crippen molar-refractivity contribution in [2.24, 2.45) is 0 Å². The van der Waals surface area contributed by atoms with E-state index in [4.69, 9.17) is 11.6 Å². The molecule has 2 rings (SSSR count). The molecule has 1 aromatic heterocycles. The molecule has 0 aliphatic heterocycles. The predicted molar refractivity (Wildman–Crippen MR) is 93.6 cm³/mol. The highest BCUT2D eigenvalue weighted by Crippen LogP contribution is 2.23. The molecule has 0 spiro atoms. The number of carbonyl (C=O) groups is 2. The van der Waals surface area contributed by atoms with E-state index in [0.717, 1.165) is 10.0 Å². The fourth-order valence-corrected chi connectivity index (χ4v) is 3.24. The summed E-state index contributed by atoms with van der Waals surface area (Å²) in [6, 6.07) is 11.1. The van der Waals surface area contributed by atoms with Gasteiger partial charge in [-0.05, 0) is 36.8 Å². The van der Waals surface area contributed by atoms with Gasteiger partial charge in [0.2, 0.25) is 5.91 Å². The summed E-state index contributed by atoms with van der Waals surface area (Å²) in [4.78, 5) is 24.5. The van der Waals surface area contributed by atoms with E-state index in [1.54, 1.807) is 12.1 Å². The number of benzene rings is 1. The lowest BCUT2D eigenvalue weighted by Crippen LogP contribution is -2.26. The summed E-state index contributed by atoms with van der Waals surface area (Å²) in [7, 11) is 0. The number of halogens is 2. The molecule has 1 aromatic carbocycles. The van der Waals surface area contributed by atoms with Gasteiger partial charge in [0.25, 0.3) is 0 Å². The van der Waals surface area contributed by atoms with E-state index in [1.165, 1.54) is 11.3 Å². The van der Waals surface area contributed by atoms with E-state index < -0.39 is 0 Å². The first-order valence-corrected chi connectivity index (χ1v) is 8.78. The number of nitrogens with one attached hydrogen (secondary N) is 1. The van der Waals surface area contributed by atoms with Crippen LogP contribution in [-0.4, -0.2) is 11.7 Å². The van der Waals surface area contributed by atoms with Gasteiger partial charge in [-0.25, -0.2) is 0 Å². The number of rotatable bonds is 6. The minimum atomic E-state index is -0.133. The molecule has 1 unspecified atom stereocenters. The topological polar surface area (TPSA) is 46.2 Å². The standard InChI is InChI=1S/C16H15BrClNO2S/c1-10(11-2-4-12(17)5-3-11)19-16(21)9-6-13(20)14-7-8-15(18)22-14/h2-5,7-8,10H,6,9H2,1H3,(H,19,21). The molecule has 22 heavy (non-hydrogen) atoms. The maximum Gasteiger partial charge on any atom is 0.220 e. The molecular weight excluding hydrogens is 386 g/mol. The minimum Gasteiger partial charge on any atom is -0.350 e. The molecule has 1 N–H and O–H groups in total. The van der Waals surface area contributed by atoms with Crippen LogP contribution < -0.4 is 5.32 Å². The maximum atomic E-state index is 11.9. The van der Waals surface area contributed by atoms with Crippen molar-refractivity contribution < 1.29 is 9.59 Å². The van der Waals surface area contributed by atoms with Crippen molar-refractivity contribution in [1.29, 1.82) is 0 Å². The van der Waals surface area contributed by atoms with E-state index in [1.807, 2.05) is 31.2 Å². The van der Waals surface area contributed by atoms with Crippen molar-refractivity contribution in [3.05, 3.63) is 55.6 Å². The summed E-state index contributed by atoms with van der Waals surface area (Å²) >= 11 is 10.4. The van der Waals surface area contributed by atoms with Crippen LogP contribution in [0, 0.1) is 0 Å². The number of Topliss-reactive ketones (excluding diaryl/α,β-unsaturated/α-hetero) is 1. The minimum absolute atomic E-state index is 0.0525. The number of hydrogen-bond donors (Lipinski definition) is 1. The van der Waals surface area contributed by atoms with Crippen molar-refractivity contribution in [2.45, 2.75) is 25.8 Å². The molecule has 0 fully saturated rings. The lowest BCUT2D eigenvalue weighted by Gasteiger charge is -2.14. The van der Waals surface area contributed by atoms with Crippen molar-refractivity contribution in [1.82, 2.24) is 5.32 Å². The molecule has 1 atom stereocenters. The highest BCUT2D eigenvalue weighted by atomic mass is 79.9. The third-order valence-corrected chi connectivity index (χ3v) is 4.98. The van der Waals surface area contributed by atoms with Gasteiger partial charge >= 0.3 is 0 Å². The maximum absolute atomic E-state index is 11.9. The van der Waals surface area contributed by atoms with Gasteiger partial charge in [-0.3, -0.25) is 9.59 Å². The molecule has 1 amide bonds.